The standard InChI is InChI=1S/C16H14O3/c1-10-12-8-5-9-13(15(12)19-16(10)18)14(17)11-6-3-2-4-7-11/h2-4,6-7H,5,8-9H2,1H3. The molecule has 3 heteroatoms. The lowest BCUT2D eigenvalue weighted by molar-refractivity contribution is -0.133. The zero-order valence-corrected chi connectivity index (χ0v) is 10.7. The highest BCUT2D eigenvalue weighted by Gasteiger charge is 2.33. The van der Waals surface area contributed by atoms with E-state index in [9.17, 15) is 9.59 Å². The minimum absolute atomic E-state index is 0.0321. The number of carbonyl (C=O) groups is 2. The Hall–Kier alpha value is -2.16. The molecule has 96 valence electrons. The zero-order chi connectivity index (χ0) is 13.4. The lowest BCUT2D eigenvalue weighted by atomic mass is 9.88. The van der Waals surface area contributed by atoms with E-state index >= 15 is 0 Å². The second-order valence-electron chi connectivity index (χ2n) is 4.85. The van der Waals surface area contributed by atoms with Crippen molar-refractivity contribution in [3.63, 3.8) is 0 Å². The van der Waals surface area contributed by atoms with Crippen LogP contribution in [-0.4, -0.2) is 11.8 Å². The molecule has 0 saturated heterocycles. The number of fused-ring (bicyclic) bond motifs is 1. The lowest BCUT2D eigenvalue weighted by Gasteiger charge is -2.17. The number of hydrogen-bond donors (Lipinski definition) is 0. The molecule has 2 aliphatic rings. The van der Waals surface area contributed by atoms with E-state index in [4.69, 9.17) is 4.74 Å². The third kappa shape index (κ3) is 1.91. The van der Waals surface area contributed by atoms with Gasteiger partial charge in [-0.05, 0) is 26.2 Å². The molecule has 3 rings (SSSR count). The van der Waals surface area contributed by atoms with E-state index in [1.807, 2.05) is 18.2 Å². The molecule has 1 aliphatic heterocycles. The second kappa shape index (κ2) is 4.50. The summed E-state index contributed by atoms with van der Waals surface area (Å²) in [6.07, 6.45) is 2.38. The summed E-state index contributed by atoms with van der Waals surface area (Å²) < 4.78 is 5.28. The topological polar surface area (TPSA) is 43.4 Å². The fraction of sp³-hybridized carbons (Fsp3) is 0.250. The van der Waals surface area contributed by atoms with Crippen LogP contribution in [0.4, 0.5) is 0 Å². The summed E-state index contributed by atoms with van der Waals surface area (Å²) in [7, 11) is 0. The smallest absolute Gasteiger partial charge is 0.339 e. The predicted octanol–water partition coefficient (Wildman–Crippen LogP) is 3.18. The Labute approximate surface area is 111 Å². The largest absolute Gasteiger partial charge is 0.422 e. The third-order valence-electron chi connectivity index (χ3n) is 3.67. The van der Waals surface area contributed by atoms with Crippen molar-refractivity contribution in [2.24, 2.45) is 0 Å². The molecule has 0 bridgehead atoms. The number of rotatable bonds is 2. The van der Waals surface area contributed by atoms with E-state index in [1.165, 1.54) is 0 Å². The molecular weight excluding hydrogens is 240 g/mol. The lowest BCUT2D eigenvalue weighted by Crippen LogP contribution is -2.12. The minimum atomic E-state index is -0.315. The maximum absolute atomic E-state index is 12.5. The fourth-order valence-corrected chi connectivity index (χ4v) is 2.60. The Morgan fingerprint density at radius 3 is 2.63 bits per heavy atom. The van der Waals surface area contributed by atoms with E-state index in [0.717, 1.165) is 18.4 Å². The van der Waals surface area contributed by atoms with Gasteiger partial charge in [-0.1, -0.05) is 30.3 Å². The summed E-state index contributed by atoms with van der Waals surface area (Å²) in [5.41, 5.74) is 2.84. The van der Waals surface area contributed by atoms with Crippen LogP contribution in [0.5, 0.6) is 0 Å². The number of ether oxygens (including phenoxy) is 1. The van der Waals surface area contributed by atoms with Gasteiger partial charge in [-0.15, -0.1) is 0 Å². The summed E-state index contributed by atoms with van der Waals surface area (Å²) in [6, 6.07) is 9.13. The Kier molecular flexibility index (Phi) is 2.82. The highest BCUT2D eigenvalue weighted by Crippen LogP contribution is 2.38. The van der Waals surface area contributed by atoms with Gasteiger partial charge in [-0.25, -0.2) is 4.79 Å². The van der Waals surface area contributed by atoms with Crippen LogP contribution in [-0.2, 0) is 9.53 Å². The van der Waals surface area contributed by atoms with Crippen LogP contribution in [0.25, 0.3) is 0 Å². The highest BCUT2D eigenvalue weighted by atomic mass is 16.5. The average Bonchev–Trinajstić information content (AvgIpc) is 2.75. The molecule has 0 aromatic heterocycles. The van der Waals surface area contributed by atoms with E-state index in [1.54, 1.807) is 19.1 Å². The molecule has 0 N–H and O–H groups in total. The molecule has 0 amide bonds. The predicted molar refractivity (Wildman–Crippen MR) is 70.4 cm³/mol. The quantitative estimate of drug-likeness (QED) is 0.601. The number of esters is 1. The molecule has 19 heavy (non-hydrogen) atoms. The molecule has 1 heterocycles. The zero-order valence-electron chi connectivity index (χ0n) is 10.7. The maximum Gasteiger partial charge on any atom is 0.339 e. The van der Waals surface area contributed by atoms with E-state index in [0.29, 0.717) is 28.9 Å². The van der Waals surface area contributed by atoms with Crippen LogP contribution in [0.3, 0.4) is 0 Å². The molecule has 1 aromatic rings. The molecule has 0 atom stereocenters. The van der Waals surface area contributed by atoms with Crippen molar-refractivity contribution < 1.29 is 14.3 Å². The monoisotopic (exact) mass is 254 g/mol. The highest BCUT2D eigenvalue weighted by molar-refractivity contribution is 6.10. The van der Waals surface area contributed by atoms with Crippen molar-refractivity contribution in [2.75, 3.05) is 0 Å². The van der Waals surface area contributed by atoms with Crippen molar-refractivity contribution in [1.29, 1.82) is 0 Å². The Morgan fingerprint density at radius 1 is 1.16 bits per heavy atom. The van der Waals surface area contributed by atoms with Gasteiger partial charge in [0.25, 0.3) is 0 Å². The third-order valence-corrected chi connectivity index (χ3v) is 3.67. The van der Waals surface area contributed by atoms with Gasteiger partial charge in [0.15, 0.2) is 5.78 Å². The molecule has 3 nitrogen and oxygen atoms in total. The molecule has 1 aliphatic carbocycles. The van der Waals surface area contributed by atoms with Crippen molar-refractivity contribution in [3.8, 4) is 0 Å². The number of ketones is 1. The van der Waals surface area contributed by atoms with Crippen LogP contribution in [0, 0.1) is 0 Å². The summed E-state index contributed by atoms with van der Waals surface area (Å²) in [6.45, 7) is 1.76. The molecule has 0 saturated carbocycles. The number of carbonyl (C=O) groups excluding carboxylic acids is 2. The molecule has 0 unspecified atom stereocenters. The molecule has 0 radical (unpaired) electrons. The Bertz CT molecular complexity index is 621. The van der Waals surface area contributed by atoms with Gasteiger partial charge in [0, 0.05) is 22.3 Å². The van der Waals surface area contributed by atoms with Crippen molar-refractivity contribution in [3.05, 3.63) is 58.4 Å². The van der Waals surface area contributed by atoms with E-state index in [2.05, 4.69) is 0 Å². The van der Waals surface area contributed by atoms with Gasteiger partial charge in [-0.2, -0.15) is 0 Å². The Balaban J connectivity index is 2.06. The van der Waals surface area contributed by atoms with Crippen molar-refractivity contribution in [1.82, 2.24) is 0 Å². The van der Waals surface area contributed by atoms with Gasteiger partial charge in [0.05, 0.1) is 0 Å². The van der Waals surface area contributed by atoms with Crippen LogP contribution < -0.4 is 0 Å². The SMILES string of the molecule is CC1=C2CCCC(C(=O)c3ccccc3)=C2OC1=O. The Morgan fingerprint density at radius 2 is 1.89 bits per heavy atom. The van der Waals surface area contributed by atoms with Crippen LogP contribution in [0.1, 0.15) is 36.5 Å². The first-order valence-corrected chi connectivity index (χ1v) is 6.43. The minimum Gasteiger partial charge on any atom is -0.422 e. The van der Waals surface area contributed by atoms with Crippen molar-refractivity contribution >= 4 is 11.8 Å². The summed E-state index contributed by atoms with van der Waals surface area (Å²) >= 11 is 0. The number of hydrogen-bond acceptors (Lipinski definition) is 3. The first-order valence-electron chi connectivity index (χ1n) is 6.43. The van der Waals surface area contributed by atoms with E-state index < -0.39 is 0 Å². The maximum atomic E-state index is 12.5. The number of allylic oxidation sites excluding steroid dienone is 2. The fourth-order valence-electron chi connectivity index (χ4n) is 2.60. The van der Waals surface area contributed by atoms with Crippen LogP contribution >= 0.6 is 0 Å². The summed E-state index contributed by atoms with van der Waals surface area (Å²) in [5.74, 6) is 0.170. The van der Waals surface area contributed by atoms with Gasteiger partial charge >= 0.3 is 5.97 Å². The summed E-state index contributed by atoms with van der Waals surface area (Å²) in [4.78, 5) is 24.1. The molecular formula is C16H14O3. The van der Waals surface area contributed by atoms with Crippen molar-refractivity contribution in [2.45, 2.75) is 26.2 Å². The number of Topliss-reactive ketones (excluding diaryl/α,β-unsaturated/α-hetero) is 1. The van der Waals surface area contributed by atoms with Gasteiger partial charge < -0.3 is 4.74 Å². The van der Waals surface area contributed by atoms with Gasteiger partial charge in [-0.3, -0.25) is 4.79 Å². The van der Waals surface area contributed by atoms with Crippen LogP contribution in [0.2, 0.25) is 0 Å². The van der Waals surface area contributed by atoms with Gasteiger partial charge in [0.1, 0.15) is 5.76 Å². The first kappa shape index (κ1) is 11.9. The molecule has 0 spiro atoms. The molecule has 1 aromatic carbocycles. The summed E-state index contributed by atoms with van der Waals surface area (Å²) in [5, 5.41) is 0. The average molecular weight is 254 g/mol. The molecule has 0 fully saturated rings. The van der Waals surface area contributed by atoms with Crippen LogP contribution in [0.15, 0.2) is 52.8 Å². The second-order valence-corrected chi connectivity index (χ2v) is 4.85. The normalized spacial score (nSPS) is 18.5. The van der Waals surface area contributed by atoms with E-state index in [-0.39, 0.29) is 11.8 Å². The number of benzene rings is 1. The first-order chi connectivity index (χ1) is 9.18. The van der Waals surface area contributed by atoms with Gasteiger partial charge in [0.2, 0.25) is 0 Å².